The molecule has 0 unspecified atom stereocenters. The third kappa shape index (κ3) is 5.51. The van der Waals surface area contributed by atoms with E-state index in [1.54, 1.807) is 0 Å². The van der Waals surface area contributed by atoms with Crippen LogP contribution in [0.1, 0.15) is 0 Å². The Balaban J connectivity index is 1.16. The fraction of sp³-hybridized carbons (Fsp3) is 0. The molecule has 0 aliphatic rings. The zero-order valence-electron chi connectivity index (χ0n) is 27.2. The standard InChI is InChI=1S/C47H31N3/c1-5-14-32(15-6-1)41-30-43(34-16-7-2-8-17-34)48-42-29-28-39-38(22-13-23-40(39)46(41)42)33-24-26-37(27-25-33)47-49-44(35-18-9-3-10-19-35)31-45(50-47)36-20-11-4-12-21-36/h1-31H. The number of nitrogens with zero attached hydrogens (tertiary/aromatic N) is 3. The number of pyridine rings is 1. The fourth-order valence-electron chi connectivity index (χ4n) is 6.84. The lowest BCUT2D eigenvalue weighted by atomic mass is 9.91. The monoisotopic (exact) mass is 637 g/mol. The maximum Gasteiger partial charge on any atom is 0.160 e. The Kier molecular flexibility index (Phi) is 7.49. The van der Waals surface area contributed by atoms with Crippen molar-refractivity contribution < 1.29 is 0 Å². The summed E-state index contributed by atoms with van der Waals surface area (Å²) in [6.07, 6.45) is 0. The Morgan fingerprint density at radius 3 is 1.32 bits per heavy atom. The summed E-state index contributed by atoms with van der Waals surface area (Å²) in [6, 6.07) is 65.6. The molecule has 0 saturated carbocycles. The van der Waals surface area contributed by atoms with Crippen LogP contribution in [0.15, 0.2) is 188 Å². The number of rotatable bonds is 6. The second-order valence-electron chi connectivity index (χ2n) is 12.4. The third-order valence-electron chi connectivity index (χ3n) is 9.30. The first-order valence-corrected chi connectivity index (χ1v) is 16.9. The van der Waals surface area contributed by atoms with E-state index in [4.69, 9.17) is 15.0 Å². The van der Waals surface area contributed by atoms with Crippen LogP contribution >= 0.6 is 0 Å². The third-order valence-corrected chi connectivity index (χ3v) is 9.30. The van der Waals surface area contributed by atoms with Gasteiger partial charge in [-0.1, -0.05) is 170 Å². The van der Waals surface area contributed by atoms with Gasteiger partial charge in [-0.3, -0.25) is 0 Å². The average molecular weight is 638 g/mol. The van der Waals surface area contributed by atoms with E-state index in [2.05, 4.69) is 146 Å². The van der Waals surface area contributed by atoms with Crippen LogP contribution in [0.25, 0.3) is 89.1 Å². The van der Waals surface area contributed by atoms with Crippen molar-refractivity contribution in [3.63, 3.8) is 0 Å². The van der Waals surface area contributed by atoms with Crippen molar-refractivity contribution in [3.8, 4) is 67.4 Å². The van der Waals surface area contributed by atoms with Gasteiger partial charge in [-0.2, -0.15) is 0 Å². The summed E-state index contributed by atoms with van der Waals surface area (Å²) in [5.41, 5.74) is 12.6. The van der Waals surface area contributed by atoms with Gasteiger partial charge in [0.1, 0.15) is 0 Å². The minimum atomic E-state index is 0.702. The van der Waals surface area contributed by atoms with Crippen LogP contribution < -0.4 is 0 Å². The van der Waals surface area contributed by atoms with Gasteiger partial charge in [0.05, 0.1) is 22.6 Å². The number of hydrogen-bond acceptors (Lipinski definition) is 3. The van der Waals surface area contributed by atoms with Crippen LogP contribution in [0, 0.1) is 0 Å². The van der Waals surface area contributed by atoms with Crippen LogP contribution in [0.5, 0.6) is 0 Å². The normalized spacial score (nSPS) is 11.2. The van der Waals surface area contributed by atoms with Gasteiger partial charge in [-0.15, -0.1) is 0 Å². The lowest BCUT2D eigenvalue weighted by Gasteiger charge is -2.15. The number of aromatic nitrogens is 3. The molecule has 0 atom stereocenters. The molecule has 3 nitrogen and oxygen atoms in total. The van der Waals surface area contributed by atoms with E-state index in [1.165, 1.54) is 27.5 Å². The Morgan fingerprint density at radius 1 is 0.280 bits per heavy atom. The smallest absolute Gasteiger partial charge is 0.160 e. The van der Waals surface area contributed by atoms with E-state index in [1.807, 2.05) is 42.5 Å². The van der Waals surface area contributed by atoms with Crippen LogP contribution in [0.3, 0.4) is 0 Å². The zero-order valence-corrected chi connectivity index (χ0v) is 27.2. The maximum absolute atomic E-state index is 5.17. The molecular formula is C47H31N3. The summed E-state index contributed by atoms with van der Waals surface area (Å²) < 4.78 is 0. The van der Waals surface area contributed by atoms with Gasteiger partial charge in [0.2, 0.25) is 0 Å². The first-order valence-electron chi connectivity index (χ1n) is 16.9. The topological polar surface area (TPSA) is 38.7 Å². The van der Waals surface area contributed by atoms with Crippen molar-refractivity contribution in [3.05, 3.63) is 188 Å². The minimum Gasteiger partial charge on any atom is -0.248 e. The van der Waals surface area contributed by atoms with E-state index in [-0.39, 0.29) is 0 Å². The van der Waals surface area contributed by atoms with Gasteiger partial charge in [-0.25, -0.2) is 15.0 Å². The predicted molar refractivity (Wildman–Crippen MR) is 207 cm³/mol. The van der Waals surface area contributed by atoms with Crippen molar-refractivity contribution in [2.24, 2.45) is 0 Å². The molecule has 9 rings (SSSR count). The average Bonchev–Trinajstić information content (AvgIpc) is 3.21. The summed E-state index contributed by atoms with van der Waals surface area (Å²) in [5.74, 6) is 0.702. The van der Waals surface area contributed by atoms with Crippen LogP contribution in [0.2, 0.25) is 0 Å². The highest BCUT2D eigenvalue weighted by Crippen LogP contribution is 2.40. The van der Waals surface area contributed by atoms with Crippen molar-refractivity contribution in [1.29, 1.82) is 0 Å². The molecule has 0 N–H and O–H groups in total. The number of benzene rings is 7. The predicted octanol–water partition coefficient (Wildman–Crippen LogP) is 12.2. The van der Waals surface area contributed by atoms with Gasteiger partial charge in [0.25, 0.3) is 0 Å². The highest BCUT2D eigenvalue weighted by Gasteiger charge is 2.16. The maximum atomic E-state index is 5.17. The minimum absolute atomic E-state index is 0.702. The van der Waals surface area contributed by atoms with Crippen molar-refractivity contribution in [2.75, 3.05) is 0 Å². The molecule has 0 bridgehead atoms. The molecule has 0 aliphatic heterocycles. The van der Waals surface area contributed by atoms with Crippen LogP contribution in [-0.2, 0) is 0 Å². The van der Waals surface area contributed by atoms with E-state index in [0.717, 1.165) is 55.8 Å². The second-order valence-corrected chi connectivity index (χ2v) is 12.4. The molecule has 3 heteroatoms. The summed E-state index contributed by atoms with van der Waals surface area (Å²) >= 11 is 0. The molecule has 0 spiro atoms. The van der Waals surface area contributed by atoms with Crippen molar-refractivity contribution in [2.45, 2.75) is 0 Å². The first-order chi connectivity index (χ1) is 24.8. The molecule has 2 aromatic heterocycles. The van der Waals surface area contributed by atoms with Gasteiger partial charge in [-0.05, 0) is 51.2 Å². The molecule has 0 aliphatic carbocycles. The largest absolute Gasteiger partial charge is 0.248 e. The van der Waals surface area contributed by atoms with E-state index >= 15 is 0 Å². The highest BCUT2D eigenvalue weighted by molar-refractivity contribution is 6.17. The first kappa shape index (κ1) is 29.4. The summed E-state index contributed by atoms with van der Waals surface area (Å²) in [4.78, 5) is 15.2. The Hall–Kier alpha value is -6.71. The molecule has 0 radical (unpaired) electrons. The molecule has 0 amide bonds. The van der Waals surface area contributed by atoms with Gasteiger partial charge < -0.3 is 0 Å². The van der Waals surface area contributed by atoms with Crippen molar-refractivity contribution in [1.82, 2.24) is 15.0 Å². The summed E-state index contributed by atoms with van der Waals surface area (Å²) in [5, 5.41) is 3.53. The molecule has 234 valence electrons. The molecular weight excluding hydrogens is 607 g/mol. The van der Waals surface area contributed by atoms with E-state index in [0.29, 0.717) is 5.82 Å². The van der Waals surface area contributed by atoms with Crippen LogP contribution in [-0.4, -0.2) is 15.0 Å². The van der Waals surface area contributed by atoms with Gasteiger partial charge >= 0.3 is 0 Å². The Labute approximate surface area is 291 Å². The SMILES string of the molecule is c1ccc(-c2cc(-c3ccccc3)nc(-c3ccc(-c4cccc5c4ccc4nc(-c6ccccc6)cc(-c6ccccc6)c45)cc3)n2)cc1. The molecule has 9 aromatic rings. The quantitative estimate of drug-likeness (QED) is 0.170. The highest BCUT2D eigenvalue weighted by atomic mass is 14.9. The number of hydrogen-bond donors (Lipinski definition) is 0. The molecule has 0 saturated heterocycles. The van der Waals surface area contributed by atoms with Crippen molar-refractivity contribution >= 4 is 21.7 Å². The Morgan fingerprint density at radius 2 is 0.760 bits per heavy atom. The second kappa shape index (κ2) is 12.7. The molecule has 2 heterocycles. The lowest BCUT2D eigenvalue weighted by molar-refractivity contribution is 1.18. The lowest BCUT2D eigenvalue weighted by Crippen LogP contribution is -1.96. The number of fused-ring (bicyclic) bond motifs is 3. The van der Waals surface area contributed by atoms with E-state index in [9.17, 15) is 0 Å². The molecule has 0 fully saturated rings. The molecule has 7 aromatic carbocycles. The molecule has 50 heavy (non-hydrogen) atoms. The van der Waals surface area contributed by atoms with Crippen LogP contribution in [0.4, 0.5) is 0 Å². The summed E-state index contributed by atoms with van der Waals surface area (Å²) in [7, 11) is 0. The van der Waals surface area contributed by atoms with Gasteiger partial charge in [0.15, 0.2) is 5.82 Å². The van der Waals surface area contributed by atoms with Gasteiger partial charge in [0, 0.05) is 27.6 Å². The fourth-order valence-corrected chi connectivity index (χ4v) is 6.84. The Bertz CT molecular complexity index is 2540. The zero-order chi connectivity index (χ0) is 33.3. The van der Waals surface area contributed by atoms with E-state index < -0.39 is 0 Å². The summed E-state index contributed by atoms with van der Waals surface area (Å²) in [6.45, 7) is 0.